The van der Waals surface area contributed by atoms with E-state index in [4.69, 9.17) is 0 Å². The number of hydrogen-bond donors (Lipinski definition) is 0. The van der Waals surface area contributed by atoms with Gasteiger partial charge in [-0.25, -0.2) is 0 Å². The number of nitrogens with zero attached hydrogens (tertiary/aromatic N) is 1. The summed E-state index contributed by atoms with van der Waals surface area (Å²) < 4.78 is 0. The summed E-state index contributed by atoms with van der Waals surface area (Å²) in [5, 5.41) is 0. The van der Waals surface area contributed by atoms with Gasteiger partial charge in [0.25, 0.3) is 0 Å². The lowest BCUT2D eigenvalue weighted by molar-refractivity contribution is 0.0992. The second-order valence-electron chi connectivity index (χ2n) is 5.45. The van der Waals surface area contributed by atoms with Crippen LogP contribution in [-0.4, -0.2) is 10.8 Å². The molecule has 0 saturated carbocycles. The number of carbonyl (C=O) groups excluding carboxylic acids is 1. The van der Waals surface area contributed by atoms with Crippen LogP contribution in [0.5, 0.6) is 0 Å². The molecular weight excluding hydrogens is 246 g/mol. The summed E-state index contributed by atoms with van der Waals surface area (Å²) in [6.45, 7) is 2.10. The highest BCUT2D eigenvalue weighted by Gasteiger charge is 2.14. The number of ketones is 1. The molecule has 0 fully saturated rings. The van der Waals surface area contributed by atoms with Gasteiger partial charge in [0.1, 0.15) is 0 Å². The van der Waals surface area contributed by atoms with E-state index in [-0.39, 0.29) is 5.78 Å². The molecule has 1 heterocycles. The lowest BCUT2D eigenvalue weighted by Gasteiger charge is -2.05. The maximum Gasteiger partial charge on any atom is 0.168 e. The van der Waals surface area contributed by atoms with Crippen LogP contribution in [0, 0.1) is 0 Å². The van der Waals surface area contributed by atoms with Crippen LogP contribution in [0.25, 0.3) is 0 Å². The Balaban J connectivity index is 1.75. The molecule has 0 bridgehead atoms. The predicted octanol–water partition coefficient (Wildman–Crippen LogP) is 3.56. The van der Waals surface area contributed by atoms with Gasteiger partial charge in [0.15, 0.2) is 5.78 Å². The van der Waals surface area contributed by atoms with Crippen molar-refractivity contribution < 1.29 is 4.79 Å². The van der Waals surface area contributed by atoms with Crippen LogP contribution in [-0.2, 0) is 25.7 Å². The first-order valence-electron chi connectivity index (χ1n) is 7.35. The fourth-order valence-electron chi connectivity index (χ4n) is 2.78. The number of Topliss-reactive ketones (excluding diaryl/α,β-unsaturated/α-hetero) is 1. The average molecular weight is 265 g/mol. The molecule has 0 spiro atoms. The number of rotatable bonds is 4. The van der Waals surface area contributed by atoms with Crippen molar-refractivity contribution in [2.24, 2.45) is 0 Å². The topological polar surface area (TPSA) is 30.0 Å². The highest BCUT2D eigenvalue weighted by atomic mass is 16.1. The van der Waals surface area contributed by atoms with E-state index >= 15 is 0 Å². The van der Waals surface area contributed by atoms with Crippen LogP contribution in [0.4, 0.5) is 0 Å². The van der Waals surface area contributed by atoms with Gasteiger partial charge in [0.05, 0.1) is 6.42 Å². The Kier molecular flexibility index (Phi) is 3.64. The van der Waals surface area contributed by atoms with Crippen molar-refractivity contribution in [1.82, 2.24) is 4.98 Å². The SMILES string of the molecule is CCc1ccc(CC(=O)c2ccc3c(c2)CCC3)nc1. The lowest BCUT2D eigenvalue weighted by atomic mass is 10.0. The fourth-order valence-corrected chi connectivity index (χ4v) is 2.78. The minimum Gasteiger partial charge on any atom is -0.294 e. The monoisotopic (exact) mass is 265 g/mol. The highest BCUT2D eigenvalue weighted by Crippen LogP contribution is 2.23. The molecule has 0 N–H and O–H groups in total. The van der Waals surface area contributed by atoms with Crippen LogP contribution < -0.4 is 0 Å². The number of aryl methyl sites for hydroxylation is 3. The Labute approximate surface area is 119 Å². The normalized spacial score (nSPS) is 13.2. The number of pyridine rings is 1. The average Bonchev–Trinajstić information content (AvgIpc) is 2.95. The van der Waals surface area contributed by atoms with E-state index in [9.17, 15) is 4.79 Å². The van der Waals surface area contributed by atoms with Crippen molar-refractivity contribution in [2.45, 2.75) is 39.0 Å². The Hall–Kier alpha value is -1.96. The van der Waals surface area contributed by atoms with E-state index < -0.39 is 0 Å². The van der Waals surface area contributed by atoms with Gasteiger partial charge in [0, 0.05) is 17.5 Å². The Morgan fingerprint density at radius 2 is 2.00 bits per heavy atom. The molecule has 2 heteroatoms. The summed E-state index contributed by atoms with van der Waals surface area (Å²) in [6.07, 6.45) is 6.72. The second kappa shape index (κ2) is 5.58. The van der Waals surface area contributed by atoms with E-state index in [1.807, 2.05) is 18.3 Å². The van der Waals surface area contributed by atoms with Gasteiger partial charge in [0.2, 0.25) is 0 Å². The maximum absolute atomic E-state index is 12.3. The van der Waals surface area contributed by atoms with Gasteiger partial charge in [-0.15, -0.1) is 0 Å². The first-order chi connectivity index (χ1) is 9.76. The summed E-state index contributed by atoms with van der Waals surface area (Å²) in [4.78, 5) is 16.7. The Morgan fingerprint density at radius 3 is 2.75 bits per heavy atom. The number of fused-ring (bicyclic) bond motifs is 1. The smallest absolute Gasteiger partial charge is 0.168 e. The summed E-state index contributed by atoms with van der Waals surface area (Å²) in [6, 6.07) is 10.2. The number of benzene rings is 1. The van der Waals surface area contributed by atoms with Gasteiger partial charge < -0.3 is 0 Å². The number of carbonyl (C=O) groups is 1. The van der Waals surface area contributed by atoms with Crippen molar-refractivity contribution in [3.63, 3.8) is 0 Å². The fraction of sp³-hybridized carbons (Fsp3) is 0.333. The van der Waals surface area contributed by atoms with E-state index in [1.54, 1.807) is 0 Å². The Bertz CT molecular complexity index is 628. The molecule has 0 unspecified atom stereocenters. The molecule has 1 aromatic carbocycles. The molecule has 2 aromatic rings. The zero-order chi connectivity index (χ0) is 13.9. The van der Waals surface area contributed by atoms with Crippen LogP contribution >= 0.6 is 0 Å². The van der Waals surface area contributed by atoms with Crippen molar-refractivity contribution in [1.29, 1.82) is 0 Å². The minimum absolute atomic E-state index is 0.163. The van der Waals surface area contributed by atoms with Gasteiger partial charge in [-0.2, -0.15) is 0 Å². The zero-order valence-corrected chi connectivity index (χ0v) is 11.9. The molecule has 1 aliphatic carbocycles. The summed E-state index contributed by atoms with van der Waals surface area (Å²) >= 11 is 0. The van der Waals surface area contributed by atoms with E-state index in [1.165, 1.54) is 23.1 Å². The first-order valence-corrected chi connectivity index (χ1v) is 7.35. The van der Waals surface area contributed by atoms with Gasteiger partial charge in [-0.3, -0.25) is 9.78 Å². The summed E-state index contributed by atoms with van der Waals surface area (Å²) in [7, 11) is 0. The van der Waals surface area contributed by atoms with E-state index in [0.717, 1.165) is 30.5 Å². The standard InChI is InChI=1S/C18H19NO/c1-2-13-6-9-17(19-12-13)11-18(20)16-8-7-14-4-3-5-15(14)10-16/h6-10,12H,2-5,11H2,1H3. The molecule has 2 nitrogen and oxygen atoms in total. The minimum atomic E-state index is 0.163. The third kappa shape index (κ3) is 2.64. The van der Waals surface area contributed by atoms with Gasteiger partial charge in [-0.1, -0.05) is 25.1 Å². The van der Waals surface area contributed by atoms with Crippen molar-refractivity contribution >= 4 is 5.78 Å². The molecule has 0 radical (unpaired) electrons. The highest BCUT2D eigenvalue weighted by molar-refractivity contribution is 5.97. The van der Waals surface area contributed by atoms with E-state index in [2.05, 4.69) is 30.1 Å². The van der Waals surface area contributed by atoms with Crippen molar-refractivity contribution in [3.05, 3.63) is 64.5 Å². The molecule has 0 saturated heterocycles. The Morgan fingerprint density at radius 1 is 1.15 bits per heavy atom. The molecule has 1 aliphatic rings. The summed E-state index contributed by atoms with van der Waals surface area (Å²) in [5.41, 5.74) is 5.65. The van der Waals surface area contributed by atoms with Crippen LogP contribution in [0.3, 0.4) is 0 Å². The molecule has 1 aromatic heterocycles. The van der Waals surface area contributed by atoms with Crippen molar-refractivity contribution in [2.75, 3.05) is 0 Å². The first kappa shape index (κ1) is 13.0. The van der Waals surface area contributed by atoms with Gasteiger partial charge in [-0.05, 0) is 54.5 Å². The molecular formula is C18H19NO. The maximum atomic E-state index is 12.3. The van der Waals surface area contributed by atoms with Crippen LogP contribution in [0.2, 0.25) is 0 Å². The number of hydrogen-bond acceptors (Lipinski definition) is 2. The molecule has 102 valence electrons. The molecule has 20 heavy (non-hydrogen) atoms. The third-order valence-corrected chi connectivity index (χ3v) is 4.06. The van der Waals surface area contributed by atoms with Crippen LogP contribution in [0.1, 0.15) is 46.1 Å². The molecule has 0 aliphatic heterocycles. The zero-order valence-electron chi connectivity index (χ0n) is 11.9. The predicted molar refractivity (Wildman–Crippen MR) is 80.1 cm³/mol. The second-order valence-corrected chi connectivity index (χ2v) is 5.45. The van der Waals surface area contributed by atoms with E-state index in [0.29, 0.717) is 6.42 Å². The largest absolute Gasteiger partial charge is 0.294 e. The molecule has 0 atom stereocenters. The van der Waals surface area contributed by atoms with Crippen molar-refractivity contribution in [3.8, 4) is 0 Å². The molecule has 0 amide bonds. The lowest BCUT2D eigenvalue weighted by Crippen LogP contribution is -2.06. The number of aromatic nitrogens is 1. The quantitative estimate of drug-likeness (QED) is 0.791. The summed E-state index contributed by atoms with van der Waals surface area (Å²) in [5.74, 6) is 0.163. The van der Waals surface area contributed by atoms with Crippen LogP contribution in [0.15, 0.2) is 36.5 Å². The third-order valence-electron chi connectivity index (χ3n) is 4.06. The van der Waals surface area contributed by atoms with Gasteiger partial charge >= 0.3 is 0 Å². The molecule has 3 rings (SSSR count).